The van der Waals surface area contributed by atoms with Gasteiger partial charge in [-0.15, -0.1) is 0 Å². The number of nitrogens with one attached hydrogen (secondary N) is 2. The molecule has 2 aliphatic heterocycles. The van der Waals surface area contributed by atoms with Crippen molar-refractivity contribution in [2.24, 2.45) is 5.92 Å². The number of ether oxygens (including phenoxy) is 1. The average Bonchev–Trinajstić information content (AvgIpc) is 3.20. The Morgan fingerprint density at radius 3 is 2.79 bits per heavy atom. The fraction of sp³-hybridized carbons (Fsp3) is 0.455. The van der Waals surface area contributed by atoms with Crippen LogP contribution in [-0.2, 0) is 6.54 Å². The molecule has 0 aromatic heterocycles. The second-order valence-electron chi connectivity index (χ2n) is 7.84. The van der Waals surface area contributed by atoms with Gasteiger partial charge >= 0.3 is 0 Å². The van der Waals surface area contributed by atoms with Crippen molar-refractivity contribution in [3.63, 3.8) is 0 Å². The Hall–Kier alpha value is -1.79. The summed E-state index contributed by atoms with van der Waals surface area (Å²) in [6.07, 6.45) is 2.39. The molecule has 2 aromatic rings. The molecule has 2 aliphatic rings. The molecule has 2 fully saturated rings. The third-order valence-electron chi connectivity index (χ3n) is 6.06. The van der Waals surface area contributed by atoms with Gasteiger partial charge in [-0.1, -0.05) is 29.8 Å². The van der Waals surface area contributed by atoms with Crippen LogP contribution in [0.25, 0.3) is 0 Å². The van der Waals surface area contributed by atoms with Gasteiger partial charge in [0.1, 0.15) is 11.5 Å². The highest BCUT2D eigenvalue weighted by atomic mass is 35.5. The van der Waals surface area contributed by atoms with Crippen LogP contribution < -0.4 is 15.6 Å². The number of nitrogens with zero attached hydrogens (tertiary/aromatic N) is 1. The Kier molecular flexibility index (Phi) is 6.07. The third-order valence-corrected chi connectivity index (χ3v) is 6.31. The minimum atomic E-state index is 0.307. The fourth-order valence-electron chi connectivity index (χ4n) is 4.57. The van der Waals surface area contributed by atoms with Crippen molar-refractivity contribution in [1.82, 2.24) is 15.8 Å². The minimum Gasteiger partial charge on any atom is -0.507 e. The zero-order valence-electron chi connectivity index (χ0n) is 16.2. The number of likely N-dealkylation sites (tertiary alicyclic amines) is 1. The maximum absolute atomic E-state index is 10.3. The highest BCUT2D eigenvalue weighted by molar-refractivity contribution is 6.30. The lowest BCUT2D eigenvalue weighted by Crippen LogP contribution is -2.46. The van der Waals surface area contributed by atoms with Gasteiger partial charge in [0.25, 0.3) is 0 Å². The first-order valence-corrected chi connectivity index (χ1v) is 10.3. The van der Waals surface area contributed by atoms with Crippen LogP contribution in [0.4, 0.5) is 0 Å². The molecule has 3 N–H and O–H groups in total. The molecule has 0 aliphatic carbocycles. The summed E-state index contributed by atoms with van der Waals surface area (Å²) in [5, 5.41) is 11.1. The second kappa shape index (κ2) is 8.70. The highest BCUT2D eigenvalue weighted by Gasteiger charge is 2.36. The van der Waals surface area contributed by atoms with Gasteiger partial charge in [0.15, 0.2) is 0 Å². The van der Waals surface area contributed by atoms with Crippen molar-refractivity contribution >= 4 is 11.6 Å². The molecule has 0 amide bonds. The average molecular weight is 402 g/mol. The molecule has 150 valence electrons. The molecule has 2 saturated heterocycles. The summed E-state index contributed by atoms with van der Waals surface area (Å²) >= 11 is 6.07. The maximum atomic E-state index is 10.3. The fourth-order valence-corrected chi connectivity index (χ4v) is 4.70. The first-order chi connectivity index (χ1) is 13.6. The van der Waals surface area contributed by atoms with Gasteiger partial charge in [-0.3, -0.25) is 15.8 Å². The lowest BCUT2D eigenvalue weighted by atomic mass is 9.81. The molecule has 2 heterocycles. The number of halogens is 1. The van der Waals surface area contributed by atoms with E-state index in [2.05, 4.69) is 27.9 Å². The number of aromatic hydroxyl groups is 1. The topological polar surface area (TPSA) is 56.8 Å². The van der Waals surface area contributed by atoms with E-state index in [1.807, 2.05) is 24.3 Å². The van der Waals surface area contributed by atoms with Crippen LogP contribution in [0.15, 0.2) is 42.5 Å². The molecular formula is C22H28ClN3O2. The summed E-state index contributed by atoms with van der Waals surface area (Å²) in [6, 6.07) is 14.2. The number of piperidine rings is 1. The predicted octanol–water partition coefficient (Wildman–Crippen LogP) is 3.53. The summed E-state index contributed by atoms with van der Waals surface area (Å²) in [7, 11) is 1.61. The maximum Gasteiger partial charge on any atom is 0.123 e. The molecule has 0 bridgehead atoms. The third kappa shape index (κ3) is 4.28. The summed E-state index contributed by atoms with van der Waals surface area (Å²) < 4.78 is 5.19. The molecule has 0 spiro atoms. The SMILES string of the molecule is COc1ccc(CN2CCCC(C3NNCC3c3ccc(Cl)cc3)C2)c(O)c1. The molecular weight excluding hydrogens is 374 g/mol. The van der Waals surface area contributed by atoms with Gasteiger partial charge in [-0.25, -0.2) is 0 Å². The van der Waals surface area contributed by atoms with Crippen LogP contribution >= 0.6 is 11.6 Å². The van der Waals surface area contributed by atoms with E-state index >= 15 is 0 Å². The van der Waals surface area contributed by atoms with Gasteiger partial charge in [-0.05, 0) is 49.1 Å². The number of hydrogen-bond donors (Lipinski definition) is 3. The summed E-state index contributed by atoms with van der Waals surface area (Å²) in [5.74, 6) is 1.99. The van der Waals surface area contributed by atoms with Crippen molar-refractivity contribution in [3.05, 3.63) is 58.6 Å². The zero-order valence-corrected chi connectivity index (χ0v) is 17.0. The van der Waals surface area contributed by atoms with E-state index in [4.69, 9.17) is 16.3 Å². The molecule has 28 heavy (non-hydrogen) atoms. The lowest BCUT2D eigenvalue weighted by molar-refractivity contribution is 0.138. The van der Waals surface area contributed by atoms with Gasteiger partial charge in [-0.2, -0.15) is 0 Å². The van der Waals surface area contributed by atoms with Crippen molar-refractivity contribution in [2.75, 3.05) is 26.7 Å². The molecule has 5 nitrogen and oxygen atoms in total. The Bertz CT molecular complexity index is 799. The second-order valence-corrected chi connectivity index (χ2v) is 8.28. The van der Waals surface area contributed by atoms with E-state index in [0.29, 0.717) is 29.4 Å². The van der Waals surface area contributed by atoms with Crippen LogP contribution in [-0.4, -0.2) is 42.8 Å². The van der Waals surface area contributed by atoms with E-state index in [9.17, 15) is 5.11 Å². The van der Waals surface area contributed by atoms with E-state index in [1.165, 1.54) is 18.4 Å². The number of phenols is 1. The van der Waals surface area contributed by atoms with Crippen LogP contribution in [0.1, 0.15) is 29.9 Å². The van der Waals surface area contributed by atoms with Crippen molar-refractivity contribution in [3.8, 4) is 11.5 Å². The van der Waals surface area contributed by atoms with E-state index < -0.39 is 0 Å². The molecule has 0 radical (unpaired) electrons. The largest absolute Gasteiger partial charge is 0.507 e. The van der Waals surface area contributed by atoms with Crippen molar-refractivity contribution in [2.45, 2.75) is 31.3 Å². The van der Waals surface area contributed by atoms with Crippen LogP contribution in [0.3, 0.4) is 0 Å². The Morgan fingerprint density at radius 2 is 2.04 bits per heavy atom. The van der Waals surface area contributed by atoms with Crippen molar-refractivity contribution < 1.29 is 9.84 Å². The monoisotopic (exact) mass is 401 g/mol. The Morgan fingerprint density at radius 1 is 1.21 bits per heavy atom. The quantitative estimate of drug-likeness (QED) is 0.715. The van der Waals surface area contributed by atoms with Crippen LogP contribution in [0, 0.1) is 5.92 Å². The predicted molar refractivity (Wildman–Crippen MR) is 112 cm³/mol. The summed E-state index contributed by atoms with van der Waals surface area (Å²) in [5.41, 5.74) is 9.17. The minimum absolute atomic E-state index is 0.307. The van der Waals surface area contributed by atoms with E-state index in [-0.39, 0.29) is 0 Å². The standard InChI is InChI=1S/C22H28ClN3O2/c1-28-19-9-6-16(21(27)11-19)13-26-10-2-3-17(14-26)22-20(12-24-25-22)15-4-7-18(23)8-5-15/h4-9,11,17,20,22,24-25,27H,2-3,10,12-14H2,1H3. The molecule has 4 rings (SSSR count). The number of phenolic OH excluding ortho intramolecular Hbond substituents is 1. The first-order valence-electron chi connectivity index (χ1n) is 9.96. The molecule has 6 heteroatoms. The highest BCUT2D eigenvalue weighted by Crippen LogP contribution is 2.33. The lowest BCUT2D eigenvalue weighted by Gasteiger charge is -2.37. The first kappa shape index (κ1) is 19.5. The molecule has 0 saturated carbocycles. The number of rotatable bonds is 5. The van der Waals surface area contributed by atoms with Gasteiger partial charge in [0.2, 0.25) is 0 Å². The molecule has 2 aromatic carbocycles. The van der Waals surface area contributed by atoms with E-state index in [1.54, 1.807) is 13.2 Å². The zero-order chi connectivity index (χ0) is 19.5. The summed E-state index contributed by atoms with van der Waals surface area (Å²) in [6.45, 7) is 3.78. The number of benzene rings is 2. The molecule has 3 unspecified atom stereocenters. The van der Waals surface area contributed by atoms with Crippen molar-refractivity contribution in [1.29, 1.82) is 0 Å². The van der Waals surface area contributed by atoms with Gasteiger partial charge in [0, 0.05) is 48.2 Å². The van der Waals surface area contributed by atoms with Crippen LogP contribution in [0.5, 0.6) is 11.5 Å². The molecule has 3 atom stereocenters. The number of methoxy groups -OCH3 is 1. The van der Waals surface area contributed by atoms with Crippen LogP contribution in [0.2, 0.25) is 5.02 Å². The number of hydrogen-bond acceptors (Lipinski definition) is 5. The van der Waals surface area contributed by atoms with Gasteiger partial charge < -0.3 is 9.84 Å². The Balaban J connectivity index is 1.43. The normalized spacial score (nSPS) is 25.7. The summed E-state index contributed by atoms with van der Waals surface area (Å²) in [4.78, 5) is 2.45. The number of hydrazine groups is 1. The van der Waals surface area contributed by atoms with Gasteiger partial charge in [0.05, 0.1) is 7.11 Å². The smallest absolute Gasteiger partial charge is 0.123 e. The van der Waals surface area contributed by atoms with E-state index in [0.717, 1.165) is 36.8 Å². The Labute approximate surface area is 171 Å².